The number of benzene rings is 2. The first-order chi connectivity index (χ1) is 9.38. The van der Waals surface area contributed by atoms with Crippen LogP contribution in [-0.4, -0.2) is 32.4 Å². The molecule has 2 aromatic rings. The maximum atomic E-state index is 12.2. The number of rotatable bonds is 2. The fourth-order valence-corrected chi connectivity index (χ4v) is 2.52. The summed E-state index contributed by atoms with van der Waals surface area (Å²) >= 11 is 0. The summed E-state index contributed by atoms with van der Waals surface area (Å²) in [5.74, 6) is -1.73. The van der Waals surface area contributed by atoms with Gasteiger partial charge in [-0.2, -0.15) is 0 Å². The predicted octanol–water partition coefficient (Wildman–Crippen LogP) is 0.781. The van der Waals surface area contributed by atoms with Crippen LogP contribution in [0.25, 0.3) is 10.8 Å². The minimum atomic E-state index is -4.48. The second kappa shape index (κ2) is 4.15. The molecule has 6 nitrogen and oxygen atoms in total. The second-order valence-corrected chi connectivity index (χ2v) is 5.32. The molecule has 1 aliphatic rings. The Morgan fingerprint density at radius 2 is 1.45 bits per heavy atom. The van der Waals surface area contributed by atoms with Crippen LogP contribution in [0.5, 0.6) is 0 Å². The van der Waals surface area contributed by atoms with E-state index in [4.69, 9.17) is 7.12 Å². The summed E-state index contributed by atoms with van der Waals surface area (Å²) in [7, 11) is 0.235. The first-order valence-electron chi connectivity index (χ1n) is 5.51. The Balaban J connectivity index is 2.26. The fourth-order valence-electron chi connectivity index (χ4n) is 2.18. The summed E-state index contributed by atoms with van der Waals surface area (Å²) in [6.45, 7) is 0. The van der Waals surface area contributed by atoms with Crippen LogP contribution in [0.4, 0.5) is 0 Å². The van der Waals surface area contributed by atoms with Gasteiger partial charge in [-0.1, -0.05) is 24.3 Å². The van der Waals surface area contributed by atoms with Crippen molar-refractivity contribution >= 4 is 39.7 Å². The summed E-state index contributed by atoms with van der Waals surface area (Å²) in [6.07, 6.45) is 0. The highest BCUT2D eigenvalue weighted by molar-refractivity contribution is 8.08. The van der Waals surface area contributed by atoms with Gasteiger partial charge in [-0.25, -0.2) is 8.42 Å². The molecule has 0 atom stereocenters. The van der Waals surface area contributed by atoms with E-state index < -0.39 is 21.8 Å². The molecule has 0 spiro atoms. The van der Waals surface area contributed by atoms with Gasteiger partial charge in [0.05, 0.1) is 11.1 Å². The molecular formula is C12H6BNO5S. The molecule has 0 saturated carbocycles. The van der Waals surface area contributed by atoms with Crippen LogP contribution in [0.1, 0.15) is 20.7 Å². The molecule has 1 heterocycles. The number of carbonyl (C=O) groups is 2. The number of hydroxylamine groups is 2. The molecular weight excluding hydrogens is 281 g/mol. The number of amides is 2. The van der Waals surface area contributed by atoms with Crippen molar-refractivity contribution < 1.29 is 22.3 Å². The van der Waals surface area contributed by atoms with Crippen LogP contribution in [0.15, 0.2) is 36.4 Å². The lowest BCUT2D eigenvalue weighted by Gasteiger charge is -2.24. The number of hydrogen-bond acceptors (Lipinski definition) is 5. The van der Waals surface area contributed by atoms with Crippen LogP contribution < -0.4 is 0 Å². The lowest BCUT2D eigenvalue weighted by Crippen LogP contribution is -2.41. The maximum absolute atomic E-state index is 12.2. The molecule has 0 N–H and O–H groups in total. The molecule has 2 radical (unpaired) electrons. The predicted molar refractivity (Wildman–Crippen MR) is 70.2 cm³/mol. The number of carbonyl (C=O) groups excluding carboxylic acids is 2. The smallest absolute Gasteiger partial charge is 0.266 e. The lowest BCUT2D eigenvalue weighted by molar-refractivity contribution is -0.0137. The Bertz CT molecular complexity index is 811. The zero-order valence-corrected chi connectivity index (χ0v) is 10.8. The van der Waals surface area contributed by atoms with Crippen LogP contribution in [-0.2, 0) is 14.3 Å². The summed E-state index contributed by atoms with van der Waals surface area (Å²) in [5, 5.41) is 1.34. The van der Waals surface area contributed by atoms with Crippen molar-refractivity contribution in [3.8, 4) is 0 Å². The van der Waals surface area contributed by atoms with E-state index in [2.05, 4.69) is 4.28 Å². The van der Waals surface area contributed by atoms with Crippen LogP contribution in [0.3, 0.4) is 0 Å². The molecule has 3 rings (SSSR count). The summed E-state index contributed by atoms with van der Waals surface area (Å²) in [5.41, 5.74) is 0.364. The second-order valence-electron chi connectivity index (χ2n) is 4.18. The number of hydrogen-bond donors (Lipinski definition) is 0. The van der Waals surface area contributed by atoms with E-state index in [0.717, 1.165) is 0 Å². The first kappa shape index (κ1) is 12.8. The van der Waals surface area contributed by atoms with Crippen molar-refractivity contribution in [2.24, 2.45) is 0 Å². The van der Waals surface area contributed by atoms with Gasteiger partial charge in [0.2, 0.25) is 9.97 Å². The Labute approximate surface area is 115 Å². The zero-order valence-electron chi connectivity index (χ0n) is 9.94. The molecule has 0 unspecified atom stereocenters. The average molecular weight is 287 g/mol. The molecule has 0 aromatic heterocycles. The highest BCUT2D eigenvalue weighted by Crippen LogP contribution is 2.30. The molecule has 1 aliphatic heterocycles. The van der Waals surface area contributed by atoms with E-state index in [0.29, 0.717) is 10.8 Å². The highest BCUT2D eigenvalue weighted by Gasteiger charge is 2.35. The minimum Gasteiger partial charge on any atom is -0.266 e. The van der Waals surface area contributed by atoms with Gasteiger partial charge in [0.1, 0.15) is 0 Å². The van der Waals surface area contributed by atoms with Crippen LogP contribution >= 0.6 is 0 Å². The third-order valence-corrected chi connectivity index (χ3v) is 3.27. The van der Waals surface area contributed by atoms with Crippen molar-refractivity contribution in [1.82, 2.24) is 5.06 Å². The van der Waals surface area contributed by atoms with Crippen LogP contribution in [0, 0.1) is 0 Å². The molecule has 98 valence electrons. The van der Waals surface area contributed by atoms with Gasteiger partial charge in [-0.05, 0) is 17.5 Å². The van der Waals surface area contributed by atoms with Gasteiger partial charge >= 0.3 is 0 Å². The largest absolute Gasteiger partial charge is 0.298 e. The summed E-state index contributed by atoms with van der Waals surface area (Å²) in [4.78, 5) is 24.3. The highest BCUT2D eigenvalue weighted by atomic mass is 32.2. The Morgan fingerprint density at radius 1 is 0.950 bits per heavy atom. The van der Waals surface area contributed by atoms with Crippen molar-refractivity contribution in [2.45, 2.75) is 0 Å². The van der Waals surface area contributed by atoms with Crippen molar-refractivity contribution in [3.05, 3.63) is 47.5 Å². The minimum absolute atomic E-state index is 0.159. The molecule has 0 bridgehead atoms. The van der Waals surface area contributed by atoms with Crippen molar-refractivity contribution in [2.75, 3.05) is 0 Å². The quantitative estimate of drug-likeness (QED) is 0.602. The topological polar surface area (TPSA) is 80.8 Å². The normalized spacial score (nSPS) is 14.9. The number of imide groups is 1. The lowest BCUT2D eigenvalue weighted by atomic mass is 9.95. The third-order valence-electron chi connectivity index (χ3n) is 2.91. The van der Waals surface area contributed by atoms with Gasteiger partial charge in [0, 0.05) is 5.39 Å². The van der Waals surface area contributed by atoms with E-state index in [1.54, 1.807) is 24.3 Å². The molecule has 0 aliphatic carbocycles. The van der Waals surface area contributed by atoms with Gasteiger partial charge < -0.3 is 0 Å². The fraction of sp³-hybridized carbons (Fsp3) is 0. The van der Waals surface area contributed by atoms with Crippen LogP contribution in [0.2, 0.25) is 0 Å². The molecule has 2 aromatic carbocycles. The molecule has 0 fully saturated rings. The van der Waals surface area contributed by atoms with Gasteiger partial charge in [0.15, 0.2) is 0 Å². The first-order valence-corrected chi connectivity index (χ1v) is 6.98. The van der Waals surface area contributed by atoms with E-state index in [9.17, 15) is 18.0 Å². The van der Waals surface area contributed by atoms with E-state index in [1.807, 2.05) is 0 Å². The Hall–Kier alpha value is -2.19. The number of nitrogens with zero attached hydrogens (tertiary/aromatic N) is 1. The summed E-state index contributed by atoms with van der Waals surface area (Å²) < 4.78 is 26.2. The van der Waals surface area contributed by atoms with Crippen molar-refractivity contribution in [1.29, 1.82) is 0 Å². The molecule has 20 heavy (non-hydrogen) atoms. The van der Waals surface area contributed by atoms with Gasteiger partial charge in [-0.15, -0.1) is 9.35 Å². The van der Waals surface area contributed by atoms with Gasteiger partial charge in [0.25, 0.3) is 18.9 Å². The Morgan fingerprint density at radius 3 is 1.90 bits per heavy atom. The summed E-state index contributed by atoms with van der Waals surface area (Å²) in [6, 6.07) is 9.73. The van der Waals surface area contributed by atoms with Gasteiger partial charge in [-0.3, -0.25) is 9.59 Å². The third kappa shape index (κ3) is 1.89. The van der Waals surface area contributed by atoms with E-state index >= 15 is 0 Å². The molecule has 8 heteroatoms. The van der Waals surface area contributed by atoms with Crippen molar-refractivity contribution in [3.63, 3.8) is 0 Å². The maximum Gasteiger partial charge on any atom is 0.298 e. The monoisotopic (exact) mass is 287 g/mol. The Kier molecular flexibility index (Phi) is 2.67. The standard InChI is InChI=1S/C12H6BNO5S/c13-20(17,18)19-14-11(15)8-5-1-3-7-4-2-6-9(10(7)8)12(14)16/h1-6H. The van der Waals surface area contributed by atoms with E-state index in [-0.39, 0.29) is 16.2 Å². The zero-order chi connectivity index (χ0) is 14.5. The molecule has 0 saturated heterocycles. The average Bonchev–Trinajstić information content (AvgIpc) is 2.39. The molecule has 2 amide bonds. The SMILES string of the molecule is [B]S(=O)(=O)ON1C(=O)c2cccc3cccc(c23)C1=O. The van der Waals surface area contributed by atoms with E-state index in [1.165, 1.54) is 12.1 Å².